The highest BCUT2D eigenvalue weighted by molar-refractivity contribution is 9.11. The molecule has 0 spiro atoms. The lowest BCUT2D eigenvalue weighted by Gasteiger charge is -2.07. The number of thiophene rings is 1. The minimum atomic E-state index is -0.310. The Morgan fingerprint density at radius 1 is 1.43 bits per heavy atom. The van der Waals surface area contributed by atoms with Gasteiger partial charge < -0.3 is 4.74 Å². The van der Waals surface area contributed by atoms with Crippen LogP contribution in [0.25, 0.3) is 0 Å². The van der Waals surface area contributed by atoms with Crippen LogP contribution in [0.3, 0.4) is 0 Å². The Bertz CT molecular complexity index is 671. The van der Waals surface area contributed by atoms with Gasteiger partial charge in [0.05, 0.1) is 10.7 Å². The Hall–Kier alpha value is -1.18. The number of nitrogens with one attached hydrogen (secondary N) is 1. The van der Waals surface area contributed by atoms with E-state index in [4.69, 9.17) is 4.74 Å². The quantitative estimate of drug-likeness (QED) is 0.572. The molecule has 0 atom stereocenters. The van der Waals surface area contributed by atoms with E-state index in [9.17, 15) is 4.79 Å². The van der Waals surface area contributed by atoms with Gasteiger partial charge in [-0.15, -0.1) is 11.3 Å². The molecule has 7 heteroatoms. The highest BCUT2D eigenvalue weighted by atomic mass is 79.9. The van der Waals surface area contributed by atoms with Gasteiger partial charge in [0.2, 0.25) is 0 Å². The Balaban J connectivity index is 1.82. The Morgan fingerprint density at radius 2 is 2.24 bits per heavy atom. The number of amides is 1. The number of nitrogens with zero attached hydrogens (tertiary/aromatic N) is 1. The van der Waals surface area contributed by atoms with E-state index in [1.54, 1.807) is 23.6 Å². The van der Waals surface area contributed by atoms with Crippen LogP contribution in [0.2, 0.25) is 0 Å². The van der Waals surface area contributed by atoms with Crippen molar-refractivity contribution < 1.29 is 9.53 Å². The topological polar surface area (TPSA) is 50.7 Å². The van der Waals surface area contributed by atoms with Crippen LogP contribution in [0.5, 0.6) is 5.75 Å². The molecule has 1 heterocycles. The number of hydrazone groups is 1. The van der Waals surface area contributed by atoms with E-state index in [0.29, 0.717) is 5.75 Å². The van der Waals surface area contributed by atoms with Gasteiger partial charge in [-0.25, -0.2) is 5.43 Å². The third kappa shape index (κ3) is 4.94. The summed E-state index contributed by atoms with van der Waals surface area (Å²) in [6.45, 7) is 1.90. The molecule has 1 N–H and O–H groups in total. The Labute approximate surface area is 143 Å². The monoisotopic (exact) mass is 430 g/mol. The average Bonchev–Trinajstić information content (AvgIpc) is 2.83. The fourth-order valence-corrected chi connectivity index (χ4v) is 3.40. The van der Waals surface area contributed by atoms with Gasteiger partial charge in [-0.3, -0.25) is 4.79 Å². The minimum absolute atomic E-state index is 0.0962. The lowest BCUT2D eigenvalue weighted by atomic mass is 10.3. The molecule has 110 valence electrons. The van der Waals surface area contributed by atoms with Crippen molar-refractivity contribution in [2.75, 3.05) is 6.61 Å². The van der Waals surface area contributed by atoms with Crippen molar-refractivity contribution in [2.24, 2.45) is 5.10 Å². The molecule has 0 saturated carbocycles. The predicted molar refractivity (Wildman–Crippen MR) is 92.1 cm³/mol. The van der Waals surface area contributed by atoms with Crippen molar-refractivity contribution in [1.82, 2.24) is 5.43 Å². The molecule has 1 amide bonds. The van der Waals surface area contributed by atoms with Crippen LogP contribution in [-0.4, -0.2) is 18.7 Å². The number of ether oxygens (including phenoxy) is 1. The van der Waals surface area contributed by atoms with Crippen molar-refractivity contribution in [3.05, 3.63) is 49.0 Å². The summed E-state index contributed by atoms with van der Waals surface area (Å²) in [5, 5.41) is 5.89. The van der Waals surface area contributed by atoms with E-state index in [0.717, 1.165) is 19.4 Å². The fourth-order valence-electron chi connectivity index (χ4n) is 1.45. The molecule has 1 aromatic heterocycles. The first-order chi connectivity index (χ1) is 10.1. The lowest BCUT2D eigenvalue weighted by molar-refractivity contribution is -0.123. The van der Waals surface area contributed by atoms with Crippen LogP contribution in [0.15, 0.2) is 43.7 Å². The maximum absolute atomic E-state index is 11.6. The number of benzene rings is 1. The Morgan fingerprint density at radius 3 is 2.90 bits per heavy atom. The first kappa shape index (κ1) is 16.2. The van der Waals surface area contributed by atoms with Gasteiger partial charge in [0.25, 0.3) is 5.91 Å². The van der Waals surface area contributed by atoms with Gasteiger partial charge in [-0.1, -0.05) is 15.9 Å². The van der Waals surface area contributed by atoms with Crippen LogP contribution in [0, 0.1) is 6.92 Å². The molecule has 0 fully saturated rings. The van der Waals surface area contributed by atoms with Crippen LogP contribution < -0.4 is 10.2 Å². The number of hydrogen-bond donors (Lipinski definition) is 1. The SMILES string of the molecule is Cc1ccsc1C=NNC(=O)COc1ccc(Br)cc1Br. The van der Waals surface area contributed by atoms with Crippen LogP contribution in [0.4, 0.5) is 0 Å². The zero-order valence-corrected chi connectivity index (χ0v) is 15.1. The number of halogens is 2. The van der Waals surface area contributed by atoms with Gasteiger partial charge in [-0.2, -0.15) is 5.10 Å². The summed E-state index contributed by atoms with van der Waals surface area (Å²) in [5.74, 6) is 0.293. The number of carbonyl (C=O) groups excluding carboxylic acids is 1. The highest BCUT2D eigenvalue weighted by Gasteiger charge is 2.05. The molecule has 2 aromatic rings. The number of carbonyl (C=O) groups is 1. The Kier molecular flexibility index (Phi) is 5.96. The number of aryl methyl sites for hydroxylation is 1. The fraction of sp³-hybridized carbons (Fsp3) is 0.143. The van der Waals surface area contributed by atoms with Gasteiger partial charge in [0, 0.05) is 9.35 Å². The molecule has 0 aliphatic carbocycles. The van der Waals surface area contributed by atoms with Crippen molar-refractivity contribution in [1.29, 1.82) is 0 Å². The molecule has 1 aromatic carbocycles. The molecule has 0 saturated heterocycles. The highest BCUT2D eigenvalue weighted by Crippen LogP contribution is 2.28. The van der Waals surface area contributed by atoms with Crippen molar-refractivity contribution in [3.8, 4) is 5.75 Å². The third-order valence-corrected chi connectivity index (χ3v) is 4.59. The number of rotatable bonds is 5. The molecule has 0 unspecified atom stereocenters. The third-order valence-electron chi connectivity index (χ3n) is 2.53. The van der Waals surface area contributed by atoms with Crippen molar-refractivity contribution >= 4 is 55.3 Å². The van der Waals surface area contributed by atoms with E-state index >= 15 is 0 Å². The summed E-state index contributed by atoms with van der Waals surface area (Å²) in [6, 6.07) is 7.47. The molecular formula is C14H12Br2N2O2S. The van der Waals surface area contributed by atoms with Gasteiger partial charge in [0.1, 0.15) is 5.75 Å². The summed E-state index contributed by atoms with van der Waals surface area (Å²) in [4.78, 5) is 12.7. The average molecular weight is 432 g/mol. The lowest BCUT2D eigenvalue weighted by Crippen LogP contribution is -2.24. The summed E-state index contributed by atoms with van der Waals surface area (Å²) in [6.07, 6.45) is 1.63. The molecule has 0 bridgehead atoms. The molecule has 0 aliphatic rings. The zero-order valence-electron chi connectivity index (χ0n) is 11.1. The summed E-state index contributed by atoms with van der Waals surface area (Å²) >= 11 is 8.29. The maximum atomic E-state index is 11.6. The van der Waals surface area contributed by atoms with Crippen molar-refractivity contribution in [2.45, 2.75) is 6.92 Å². The molecule has 4 nitrogen and oxygen atoms in total. The summed E-state index contributed by atoms with van der Waals surface area (Å²) in [5.41, 5.74) is 3.57. The van der Waals surface area contributed by atoms with Crippen LogP contribution in [0.1, 0.15) is 10.4 Å². The van der Waals surface area contributed by atoms with Gasteiger partial charge in [-0.05, 0) is 58.1 Å². The van der Waals surface area contributed by atoms with Crippen LogP contribution >= 0.6 is 43.2 Å². The maximum Gasteiger partial charge on any atom is 0.277 e. The molecule has 21 heavy (non-hydrogen) atoms. The largest absolute Gasteiger partial charge is 0.483 e. The van der Waals surface area contributed by atoms with Gasteiger partial charge in [0.15, 0.2) is 6.61 Å². The zero-order chi connectivity index (χ0) is 15.2. The first-order valence-corrected chi connectivity index (χ1v) is 8.46. The van der Waals surface area contributed by atoms with E-state index in [-0.39, 0.29) is 12.5 Å². The van der Waals surface area contributed by atoms with Crippen LogP contribution in [-0.2, 0) is 4.79 Å². The standard InChI is InChI=1S/C14H12Br2N2O2S/c1-9-4-5-21-13(9)7-17-18-14(19)8-20-12-3-2-10(15)6-11(12)16/h2-7H,8H2,1H3,(H,18,19). The second-order valence-corrected chi connectivity index (χ2v) is 6.84. The molecule has 0 radical (unpaired) electrons. The summed E-state index contributed by atoms with van der Waals surface area (Å²) in [7, 11) is 0. The summed E-state index contributed by atoms with van der Waals surface area (Å²) < 4.78 is 7.13. The van der Waals surface area contributed by atoms with E-state index in [1.165, 1.54) is 0 Å². The molecular weight excluding hydrogens is 420 g/mol. The second-order valence-electron chi connectivity index (χ2n) is 4.12. The molecule has 0 aliphatic heterocycles. The van der Waals surface area contributed by atoms with E-state index < -0.39 is 0 Å². The van der Waals surface area contributed by atoms with Gasteiger partial charge >= 0.3 is 0 Å². The minimum Gasteiger partial charge on any atom is -0.483 e. The van der Waals surface area contributed by atoms with E-state index in [2.05, 4.69) is 42.4 Å². The molecule has 2 rings (SSSR count). The second kappa shape index (κ2) is 7.72. The van der Waals surface area contributed by atoms with E-state index in [1.807, 2.05) is 30.5 Å². The predicted octanol–water partition coefficient (Wildman–Crippen LogP) is 4.11. The number of hydrogen-bond acceptors (Lipinski definition) is 4. The first-order valence-electron chi connectivity index (χ1n) is 6.00. The van der Waals surface area contributed by atoms with Crippen molar-refractivity contribution in [3.63, 3.8) is 0 Å². The normalized spacial score (nSPS) is 10.8. The smallest absolute Gasteiger partial charge is 0.277 e.